The van der Waals surface area contributed by atoms with Gasteiger partial charge in [-0.3, -0.25) is 48.1 Å². The fourth-order valence-corrected chi connectivity index (χ4v) is 7.30. The van der Waals surface area contributed by atoms with Crippen LogP contribution in [0.15, 0.2) is 89.9 Å². The van der Waals surface area contributed by atoms with Gasteiger partial charge < -0.3 is 74.6 Å². The first-order valence-corrected chi connectivity index (χ1v) is 24.7. The molecule has 75 heavy (non-hydrogen) atoms. The van der Waals surface area contributed by atoms with E-state index in [4.69, 9.17) is 11.5 Å². The van der Waals surface area contributed by atoms with Gasteiger partial charge >= 0.3 is 0 Å². The van der Waals surface area contributed by atoms with Crippen LogP contribution in [0.2, 0.25) is 0 Å². The van der Waals surface area contributed by atoms with Crippen molar-refractivity contribution in [3.05, 3.63) is 102 Å². The predicted molar refractivity (Wildman–Crippen MR) is 277 cm³/mol. The molecule has 7 unspecified atom stereocenters. The van der Waals surface area contributed by atoms with Crippen LogP contribution in [0.3, 0.4) is 0 Å². The monoisotopic (exact) mass is 1040 g/mol. The van der Waals surface area contributed by atoms with E-state index >= 15 is 0 Å². The number of hydrogen-bond acceptors (Lipinski definition) is 13. The van der Waals surface area contributed by atoms with Crippen molar-refractivity contribution in [3.8, 4) is 5.75 Å². The van der Waals surface area contributed by atoms with Gasteiger partial charge in [0.2, 0.25) is 53.2 Å². The summed E-state index contributed by atoms with van der Waals surface area (Å²) >= 11 is 0. The molecule has 0 aromatic heterocycles. The molecule has 0 aliphatic rings. The van der Waals surface area contributed by atoms with Crippen LogP contribution in [0, 0.1) is 0 Å². The maximum absolute atomic E-state index is 14.4. The Hall–Kier alpha value is -8.12. The van der Waals surface area contributed by atoms with Crippen molar-refractivity contribution in [1.82, 2.24) is 47.9 Å². The van der Waals surface area contributed by atoms with E-state index in [2.05, 4.69) is 52.8 Å². The standard InChI is InChI=1S/C51H72N12O12/c1-4-6-19-41(67)63-44(31(3)65)50(75)62-39(26-33-16-11-8-12-17-33)48(73)61-38(25-32-14-9-7-10-15-32)47(72)60-37(27-34-20-22-35(66)23-21-34)46(71)57-28-42(68)56-29-43(69)58-40(30-64)49(74)59-36(45(70)54-5-2)18-13-24-55-51(52)53/h7-12,14-17,20-23,31,36-40,44,64-66H,4-6,13,18-19,24-30H2,1-3H3,(H,54,70)(H,56,68)(H,57,71)(H,58,69)(H,59,74)(H,60,72)(H,61,73)(H,62,75)(H,63,67)(H4,52,53,55). The van der Waals surface area contributed by atoms with Gasteiger partial charge in [0.1, 0.15) is 42.0 Å². The fraction of sp³-hybridized carbons (Fsp3) is 0.451. The number of aliphatic imine (C=N–C) groups is 1. The number of rotatable bonds is 32. The zero-order chi connectivity index (χ0) is 55.3. The van der Waals surface area contributed by atoms with Crippen molar-refractivity contribution < 1.29 is 58.5 Å². The molecular formula is C51H72N12O12. The Balaban J connectivity index is 1.78. The number of carbonyl (C=O) groups is 9. The summed E-state index contributed by atoms with van der Waals surface area (Å²) in [5.41, 5.74) is 12.4. The van der Waals surface area contributed by atoms with Gasteiger partial charge in [0.05, 0.1) is 25.8 Å². The largest absolute Gasteiger partial charge is 0.508 e. The summed E-state index contributed by atoms with van der Waals surface area (Å²) in [5.74, 6) is -7.23. The van der Waals surface area contributed by atoms with E-state index in [1.807, 2.05) is 6.92 Å². The number of guanidine groups is 1. The first-order chi connectivity index (χ1) is 35.8. The van der Waals surface area contributed by atoms with Gasteiger partial charge in [-0.05, 0) is 61.9 Å². The van der Waals surface area contributed by atoms with Gasteiger partial charge in [-0.2, -0.15) is 0 Å². The average molecular weight is 1050 g/mol. The van der Waals surface area contributed by atoms with Crippen LogP contribution in [-0.2, 0) is 62.4 Å². The van der Waals surface area contributed by atoms with Crippen molar-refractivity contribution in [2.45, 2.75) is 114 Å². The summed E-state index contributed by atoms with van der Waals surface area (Å²) < 4.78 is 0. The second-order valence-electron chi connectivity index (χ2n) is 17.5. The number of nitrogens with zero attached hydrogens (tertiary/aromatic N) is 1. The van der Waals surface area contributed by atoms with Crippen molar-refractivity contribution in [3.63, 3.8) is 0 Å². The normalized spacial score (nSPS) is 13.6. The third kappa shape index (κ3) is 23.1. The molecule has 0 saturated heterocycles. The maximum atomic E-state index is 14.4. The molecule has 408 valence electrons. The highest BCUT2D eigenvalue weighted by molar-refractivity contribution is 5.97. The van der Waals surface area contributed by atoms with E-state index in [1.165, 1.54) is 31.2 Å². The van der Waals surface area contributed by atoms with Crippen molar-refractivity contribution in [1.29, 1.82) is 0 Å². The Labute approximate surface area is 435 Å². The summed E-state index contributed by atoms with van der Waals surface area (Å²) in [6.45, 7) is 3.06. The zero-order valence-electron chi connectivity index (χ0n) is 42.4. The average Bonchev–Trinajstić information content (AvgIpc) is 3.38. The molecule has 0 radical (unpaired) electrons. The highest BCUT2D eigenvalue weighted by atomic mass is 16.3. The highest BCUT2D eigenvalue weighted by Gasteiger charge is 2.34. The minimum absolute atomic E-state index is 0.0648. The number of carbonyl (C=O) groups excluding carboxylic acids is 9. The van der Waals surface area contributed by atoms with Gasteiger partial charge in [0, 0.05) is 38.8 Å². The third-order valence-corrected chi connectivity index (χ3v) is 11.3. The Morgan fingerprint density at radius 3 is 1.52 bits per heavy atom. The predicted octanol–water partition coefficient (Wildman–Crippen LogP) is -2.69. The number of benzene rings is 3. The zero-order valence-corrected chi connectivity index (χ0v) is 42.4. The molecule has 16 N–H and O–H groups in total. The molecular weight excluding hydrogens is 973 g/mol. The minimum Gasteiger partial charge on any atom is -0.508 e. The van der Waals surface area contributed by atoms with Crippen LogP contribution < -0.4 is 59.3 Å². The Bertz CT molecular complexity index is 2370. The molecule has 9 amide bonds. The lowest BCUT2D eigenvalue weighted by Crippen LogP contribution is -2.60. The number of nitrogens with two attached hydrogens (primary N) is 2. The molecule has 0 bridgehead atoms. The SMILES string of the molecule is CCCCC(=O)NC(C(=O)NC(Cc1ccccc1)C(=O)NC(Cc1ccccc1)C(=O)NC(Cc1ccc(O)cc1)C(=O)NCC(=O)NCC(=O)NC(CO)C(=O)NC(CCCN=C(N)N)C(=O)NCC)C(C)O. The fourth-order valence-electron chi connectivity index (χ4n) is 7.30. The highest BCUT2D eigenvalue weighted by Crippen LogP contribution is 2.13. The molecule has 0 aliphatic heterocycles. The summed E-state index contributed by atoms with van der Waals surface area (Å²) in [7, 11) is 0. The molecule has 24 heteroatoms. The van der Waals surface area contributed by atoms with E-state index in [9.17, 15) is 58.5 Å². The maximum Gasteiger partial charge on any atom is 0.245 e. The number of phenols is 1. The number of nitrogens with one attached hydrogen (secondary N) is 9. The van der Waals surface area contributed by atoms with Crippen LogP contribution >= 0.6 is 0 Å². The van der Waals surface area contributed by atoms with Crippen LogP contribution in [-0.4, -0.2) is 150 Å². The summed E-state index contributed by atoms with van der Waals surface area (Å²) in [5, 5.41) is 53.0. The smallest absolute Gasteiger partial charge is 0.245 e. The lowest BCUT2D eigenvalue weighted by molar-refractivity contribution is -0.135. The van der Waals surface area contributed by atoms with E-state index in [0.717, 1.165) is 0 Å². The van der Waals surface area contributed by atoms with Crippen LogP contribution in [0.4, 0.5) is 0 Å². The van der Waals surface area contributed by atoms with Gasteiger partial charge in [-0.25, -0.2) is 0 Å². The third-order valence-electron chi connectivity index (χ3n) is 11.3. The number of aromatic hydroxyl groups is 1. The number of amides is 9. The molecule has 0 fully saturated rings. The molecule has 3 aromatic carbocycles. The van der Waals surface area contributed by atoms with Gasteiger partial charge in [0.15, 0.2) is 5.96 Å². The minimum atomic E-state index is -1.52. The van der Waals surface area contributed by atoms with Gasteiger partial charge in [-0.1, -0.05) is 86.1 Å². The summed E-state index contributed by atoms with van der Waals surface area (Å²) in [6.07, 6.45) is 0.128. The molecule has 3 rings (SSSR count). The number of likely N-dealkylation sites (N-methyl/N-ethyl adjacent to an activating group) is 1. The Morgan fingerprint density at radius 1 is 0.533 bits per heavy atom. The Kier molecular flexibility index (Phi) is 26.8. The van der Waals surface area contributed by atoms with Gasteiger partial charge in [-0.15, -0.1) is 0 Å². The number of aliphatic hydroxyl groups excluding tert-OH is 2. The van der Waals surface area contributed by atoms with E-state index < -0.39 is 115 Å². The van der Waals surface area contributed by atoms with E-state index in [0.29, 0.717) is 36.0 Å². The van der Waals surface area contributed by atoms with Crippen LogP contribution in [0.25, 0.3) is 0 Å². The lowest BCUT2D eigenvalue weighted by Gasteiger charge is -2.27. The molecule has 0 saturated carbocycles. The van der Waals surface area contributed by atoms with Crippen molar-refractivity contribution in [2.24, 2.45) is 16.5 Å². The number of phenolic OH excluding ortho intramolecular Hbond substituents is 1. The van der Waals surface area contributed by atoms with E-state index in [1.54, 1.807) is 67.6 Å². The van der Waals surface area contributed by atoms with Crippen LogP contribution in [0.5, 0.6) is 5.75 Å². The Morgan fingerprint density at radius 2 is 1.01 bits per heavy atom. The second-order valence-corrected chi connectivity index (χ2v) is 17.5. The lowest BCUT2D eigenvalue weighted by atomic mass is 10.0. The van der Waals surface area contributed by atoms with Gasteiger partial charge in [0.25, 0.3) is 0 Å². The number of aliphatic hydroxyl groups is 2. The van der Waals surface area contributed by atoms with E-state index in [-0.39, 0.29) is 56.9 Å². The van der Waals surface area contributed by atoms with Crippen LogP contribution in [0.1, 0.15) is 69.6 Å². The van der Waals surface area contributed by atoms with Crippen molar-refractivity contribution >= 4 is 59.1 Å². The second kappa shape index (κ2) is 32.8. The first-order valence-electron chi connectivity index (χ1n) is 24.7. The molecule has 3 aromatic rings. The molecule has 0 heterocycles. The summed E-state index contributed by atoms with van der Waals surface area (Å²) in [6, 6.07) is 14.9. The summed E-state index contributed by atoms with van der Waals surface area (Å²) in [4.78, 5) is 124. The van der Waals surface area contributed by atoms with Crippen molar-refractivity contribution in [2.75, 3.05) is 32.8 Å². The quantitative estimate of drug-likeness (QED) is 0.0172. The molecule has 7 atom stereocenters. The molecule has 24 nitrogen and oxygen atoms in total. The topological polar surface area (TPSA) is 387 Å². The molecule has 0 spiro atoms. The number of unbranched alkanes of at least 4 members (excludes halogenated alkanes) is 1. The first kappa shape index (κ1) is 61.2. The number of hydrogen-bond donors (Lipinski definition) is 14. The molecule has 0 aliphatic carbocycles.